The Labute approximate surface area is 108 Å². The van der Waals surface area contributed by atoms with Gasteiger partial charge in [0.15, 0.2) is 0 Å². The standard InChI is InChI=1S/C15H20O3/c1-14(2)10-15(7-8-17-14)9-12(16)11-5-3-4-6-13(11)18-15/h3-6,12,16H,7-10H2,1-2H3/t12-,15?/m1/s1. The molecule has 1 N–H and O–H groups in total. The molecule has 3 rings (SSSR count). The summed E-state index contributed by atoms with van der Waals surface area (Å²) in [5.74, 6) is 0.828. The molecule has 18 heavy (non-hydrogen) atoms. The number of hydrogen-bond donors (Lipinski definition) is 1. The Morgan fingerprint density at radius 3 is 2.83 bits per heavy atom. The molecule has 2 aliphatic heterocycles. The van der Waals surface area contributed by atoms with Gasteiger partial charge in [0.1, 0.15) is 11.4 Å². The summed E-state index contributed by atoms with van der Waals surface area (Å²) >= 11 is 0. The zero-order chi connectivity index (χ0) is 12.8. The van der Waals surface area contributed by atoms with Crippen LogP contribution in [0.3, 0.4) is 0 Å². The van der Waals surface area contributed by atoms with Crippen LogP contribution >= 0.6 is 0 Å². The Balaban J connectivity index is 1.93. The minimum Gasteiger partial charge on any atom is -0.487 e. The van der Waals surface area contributed by atoms with E-state index >= 15 is 0 Å². The lowest BCUT2D eigenvalue weighted by molar-refractivity contribution is -0.151. The van der Waals surface area contributed by atoms with E-state index in [4.69, 9.17) is 9.47 Å². The van der Waals surface area contributed by atoms with Crippen LogP contribution in [0.5, 0.6) is 5.75 Å². The fourth-order valence-electron chi connectivity index (χ4n) is 3.28. The Morgan fingerprint density at radius 2 is 2.06 bits per heavy atom. The zero-order valence-electron chi connectivity index (χ0n) is 11.0. The summed E-state index contributed by atoms with van der Waals surface area (Å²) in [5.41, 5.74) is 0.465. The van der Waals surface area contributed by atoms with Crippen molar-refractivity contribution >= 4 is 0 Å². The smallest absolute Gasteiger partial charge is 0.125 e. The first-order valence-electron chi connectivity index (χ1n) is 6.60. The van der Waals surface area contributed by atoms with Crippen LogP contribution in [0.25, 0.3) is 0 Å². The van der Waals surface area contributed by atoms with Crippen molar-refractivity contribution in [2.75, 3.05) is 6.61 Å². The first kappa shape index (κ1) is 12.0. The number of para-hydroxylation sites is 1. The van der Waals surface area contributed by atoms with Crippen LogP contribution in [-0.2, 0) is 4.74 Å². The van der Waals surface area contributed by atoms with E-state index in [-0.39, 0.29) is 11.2 Å². The van der Waals surface area contributed by atoms with Crippen molar-refractivity contribution in [2.24, 2.45) is 0 Å². The molecule has 3 nitrogen and oxygen atoms in total. The van der Waals surface area contributed by atoms with Crippen molar-refractivity contribution in [2.45, 2.75) is 50.4 Å². The van der Waals surface area contributed by atoms with Crippen LogP contribution in [0.4, 0.5) is 0 Å². The van der Waals surface area contributed by atoms with Crippen LogP contribution in [0.15, 0.2) is 24.3 Å². The molecule has 2 atom stereocenters. The topological polar surface area (TPSA) is 38.7 Å². The van der Waals surface area contributed by atoms with Gasteiger partial charge in [0.25, 0.3) is 0 Å². The molecule has 0 amide bonds. The van der Waals surface area contributed by atoms with E-state index < -0.39 is 6.10 Å². The van der Waals surface area contributed by atoms with E-state index in [1.165, 1.54) is 0 Å². The fourth-order valence-corrected chi connectivity index (χ4v) is 3.28. The van der Waals surface area contributed by atoms with E-state index in [0.717, 1.165) is 24.2 Å². The summed E-state index contributed by atoms with van der Waals surface area (Å²) in [7, 11) is 0. The van der Waals surface area contributed by atoms with Crippen LogP contribution < -0.4 is 4.74 Å². The Hall–Kier alpha value is -1.06. The van der Waals surface area contributed by atoms with Crippen LogP contribution in [0.2, 0.25) is 0 Å². The number of ether oxygens (including phenoxy) is 2. The van der Waals surface area contributed by atoms with Gasteiger partial charge in [-0.15, -0.1) is 0 Å². The predicted molar refractivity (Wildman–Crippen MR) is 68.6 cm³/mol. The molecule has 1 fully saturated rings. The summed E-state index contributed by atoms with van der Waals surface area (Å²) < 4.78 is 12.0. The van der Waals surface area contributed by atoms with E-state index in [1.807, 2.05) is 24.3 Å². The van der Waals surface area contributed by atoms with Gasteiger partial charge in [-0.1, -0.05) is 18.2 Å². The number of aliphatic hydroxyl groups excluding tert-OH is 1. The van der Waals surface area contributed by atoms with Gasteiger partial charge < -0.3 is 14.6 Å². The maximum Gasteiger partial charge on any atom is 0.125 e. The second kappa shape index (κ2) is 3.97. The third-order valence-electron chi connectivity index (χ3n) is 3.97. The third-order valence-corrected chi connectivity index (χ3v) is 3.97. The summed E-state index contributed by atoms with van der Waals surface area (Å²) in [6.45, 7) is 4.87. The van der Waals surface area contributed by atoms with Gasteiger partial charge in [-0.05, 0) is 19.9 Å². The van der Waals surface area contributed by atoms with Crippen molar-refractivity contribution < 1.29 is 14.6 Å². The molecule has 1 spiro atoms. The molecule has 98 valence electrons. The van der Waals surface area contributed by atoms with Gasteiger partial charge in [0.2, 0.25) is 0 Å². The second-order valence-corrected chi connectivity index (χ2v) is 6.08. The quantitative estimate of drug-likeness (QED) is 0.767. The molecule has 1 saturated heterocycles. The molecule has 0 saturated carbocycles. The molecule has 2 aliphatic rings. The highest BCUT2D eigenvalue weighted by atomic mass is 16.5. The van der Waals surface area contributed by atoms with E-state index in [1.54, 1.807) is 0 Å². The summed E-state index contributed by atoms with van der Waals surface area (Å²) in [4.78, 5) is 0. The average molecular weight is 248 g/mol. The molecule has 2 heterocycles. The van der Waals surface area contributed by atoms with E-state index in [0.29, 0.717) is 13.0 Å². The molecule has 1 aromatic rings. The van der Waals surface area contributed by atoms with Gasteiger partial charge in [0, 0.05) is 24.8 Å². The third kappa shape index (κ3) is 2.02. The van der Waals surface area contributed by atoms with Gasteiger partial charge in [-0.25, -0.2) is 0 Å². The highest BCUT2D eigenvalue weighted by Gasteiger charge is 2.47. The van der Waals surface area contributed by atoms with Crippen LogP contribution in [0, 0.1) is 0 Å². The lowest BCUT2D eigenvalue weighted by atomic mass is 9.77. The van der Waals surface area contributed by atoms with Gasteiger partial charge in [-0.3, -0.25) is 0 Å². The Kier molecular flexibility index (Phi) is 2.65. The zero-order valence-corrected chi connectivity index (χ0v) is 11.0. The molecule has 0 aromatic heterocycles. The minimum absolute atomic E-state index is 0.176. The number of fused-ring (bicyclic) bond motifs is 1. The monoisotopic (exact) mass is 248 g/mol. The van der Waals surface area contributed by atoms with Gasteiger partial charge in [0.05, 0.1) is 18.3 Å². The second-order valence-electron chi connectivity index (χ2n) is 6.08. The minimum atomic E-state index is -0.427. The molecule has 0 bridgehead atoms. The largest absolute Gasteiger partial charge is 0.487 e. The van der Waals surface area contributed by atoms with Crippen molar-refractivity contribution in [3.63, 3.8) is 0 Å². The van der Waals surface area contributed by atoms with Crippen LogP contribution in [0.1, 0.15) is 44.8 Å². The van der Waals surface area contributed by atoms with Gasteiger partial charge >= 0.3 is 0 Å². The molecular weight excluding hydrogens is 228 g/mol. The van der Waals surface area contributed by atoms with E-state index in [9.17, 15) is 5.11 Å². The lowest BCUT2D eigenvalue weighted by Crippen LogP contribution is -2.51. The Morgan fingerprint density at radius 1 is 1.28 bits per heavy atom. The average Bonchev–Trinajstić information content (AvgIpc) is 2.27. The van der Waals surface area contributed by atoms with Crippen molar-refractivity contribution in [1.82, 2.24) is 0 Å². The summed E-state index contributed by atoms with van der Waals surface area (Å²) in [6.07, 6.45) is 1.91. The molecule has 1 aromatic carbocycles. The summed E-state index contributed by atoms with van der Waals surface area (Å²) in [5, 5.41) is 10.3. The van der Waals surface area contributed by atoms with Crippen LogP contribution in [-0.4, -0.2) is 22.9 Å². The van der Waals surface area contributed by atoms with Gasteiger partial charge in [-0.2, -0.15) is 0 Å². The number of hydrogen-bond acceptors (Lipinski definition) is 3. The Bertz CT molecular complexity index is 455. The molecule has 3 heteroatoms. The number of rotatable bonds is 0. The number of benzene rings is 1. The van der Waals surface area contributed by atoms with E-state index in [2.05, 4.69) is 13.8 Å². The lowest BCUT2D eigenvalue weighted by Gasteiger charge is -2.48. The number of aliphatic hydroxyl groups is 1. The SMILES string of the molecule is CC1(C)CC2(CCO1)C[C@@H](O)c1ccccc1O2. The maximum atomic E-state index is 10.3. The first-order chi connectivity index (χ1) is 8.50. The normalized spacial score (nSPS) is 33.8. The molecule has 0 radical (unpaired) electrons. The van der Waals surface area contributed by atoms with Crippen molar-refractivity contribution in [3.05, 3.63) is 29.8 Å². The fraction of sp³-hybridized carbons (Fsp3) is 0.600. The molecule has 0 aliphatic carbocycles. The first-order valence-corrected chi connectivity index (χ1v) is 6.60. The summed E-state index contributed by atoms with van der Waals surface area (Å²) in [6, 6.07) is 7.78. The molecular formula is C15H20O3. The highest BCUT2D eigenvalue weighted by molar-refractivity contribution is 5.38. The highest BCUT2D eigenvalue weighted by Crippen LogP contribution is 2.46. The predicted octanol–water partition coefficient (Wildman–Crippen LogP) is 2.83. The maximum absolute atomic E-state index is 10.3. The van der Waals surface area contributed by atoms with Crippen molar-refractivity contribution in [1.29, 1.82) is 0 Å². The van der Waals surface area contributed by atoms with Crippen molar-refractivity contribution in [3.8, 4) is 5.75 Å². The molecule has 1 unspecified atom stereocenters.